The molecule has 1 fully saturated rings. The highest BCUT2D eigenvalue weighted by atomic mass is 16.5. The van der Waals surface area contributed by atoms with Crippen molar-refractivity contribution in [1.82, 2.24) is 0 Å². The van der Waals surface area contributed by atoms with Crippen molar-refractivity contribution in [2.24, 2.45) is 5.92 Å². The minimum Gasteiger partial charge on any atom is -0.504 e. The molecule has 20 heavy (non-hydrogen) atoms. The summed E-state index contributed by atoms with van der Waals surface area (Å²) in [6.07, 6.45) is 3.12. The second-order valence-corrected chi connectivity index (χ2v) is 6.45. The Morgan fingerprint density at radius 2 is 2.15 bits per heavy atom. The first kappa shape index (κ1) is 13.7. The zero-order chi connectivity index (χ0) is 14.5. The van der Waals surface area contributed by atoms with E-state index in [4.69, 9.17) is 9.47 Å². The van der Waals surface area contributed by atoms with E-state index in [1.165, 1.54) is 5.56 Å². The topological polar surface area (TPSA) is 38.7 Å². The quantitative estimate of drug-likeness (QED) is 0.891. The molecule has 3 aliphatic rings. The lowest BCUT2D eigenvalue weighted by atomic mass is 9.68. The van der Waals surface area contributed by atoms with Gasteiger partial charge in [0.25, 0.3) is 0 Å². The summed E-state index contributed by atoms with van der Waals surface area (Å²) in [7, 11) is 1.62. The van der Waals surface area contributed by atoms with Gasteiger partial charge in [-0.3, -0.25) is 0 Å². The number of phenols is 1. The van der Waals surface area contributed by atoms with E-state index >= 15 is 0 Å². The Bertz CT molecular complexity index is 532. The van der Waals surface area contributed by atoms with E-state index in [9.17, 15) is 5.11 Å². The molecular weight excluding hydrogens is 252 g/mol. The first-order valence-corrected chi connectivity index (χ1v) is 7.56. The fourth-order valence-electron chi connectivity index (χ4n) is 4.07. The van der Waals surface area contributed by atoms with Crippen molar-refractivity contribution in [3.63, 3.8) is 0 Å². The van der Waals surface area contributed by atoms with E-state index < -0.39 is 0 Å². The summed E-state index contributed by atoms with van der Waals surface area (Å²) in [6.45, 7) is 7.20. The number of rotatable bonds is 2. The minimum absolute atomic E-state index is 0.239. The Hall–Kier alpha value is -1.22. The molecule has 1 aromatic rings. The van der Waals surface area contributed by atoms with E-state index in [1.54, 1.807) is 7.11 Å². The van der Waals surface area contributed by atoms with Gasteiger partial charge < -0.3 is 14.6 Å². The van der Waals surface area contributed by atoms with Gasteiger partial charge >= 0.3 is 0 Å². The molecule has 2 aliphatic heterocycles. The van der Waals surface area contributed by atoms with Crippen molar-refractivity contribution in [2.75, 3.05) is 13.7 Å². The first-order chi connectivity index (χ1) is 9.51. The maximum absolute atomic E-state index is 10.7. The van der Waals surface area contributed by atoms with Crippen LogP contribution in [-0.4, -0.2) is 18.8 Å². The Balaban J connectivity index is 2.30. The third-order valence-electron chi connectivity index (χ3n) is 5.17. The lowest BCUT2D eigenvalue weighted by Crippen LogP contribution is -2.37. The molecule has 110 valence electrons. The predicted octanol–water partition coefficient (Wildman–Crippen LogP) is 3.86. The summed E-state index contributed by atoms with van der Waals surface area (Å²) < 4.78 is 11.7. The van der Waals surface area contributed by atoms with E-state index in [0.717, 1.165) is 37.0 Å². The van der Waals surface area contributed by atoms with Crippen LogP contribution in [0.5, 0.6) is 11.5 Å². The van der Waals surface area contributed by atoms with Gasteiger partial charge in [0.15, 0.2) is 11.5 Å². The lowest BCUT2D eigenvalue weighted by molar-refractivity contribution is -0.0823. The second kappa shape index (κ2) is 4.66. The predicted molar refractivity (Wildman–Crippen MR) is 78.5 cm³/mol. The van der Waals surface area contributed by atoms with Crippen LogP contribution in [0.15, 0.2) is 6.07 Å². The van der Waals surface area contributed by atoms with Gasteiger partial charge in [-0.05, 0) is 55.2 Å². The van der Waals surface area contributed by atoms with Crippen LogP contribution in [0.3, 0.4) is 0 Å². The van der Waals surface area contributed by atoms with E-state index in [0.29, 0.717) is 23.3 Å². The molecule has 0 amide bonds. The molecule has 2 unspecified atom stereocenters. The van der Waals surface area contributed by atoms with Crippen LogP contribution in [0.4, 0.5) is 0 Å². The van der Waals surface area contributed by atoms with Crippen molar-refractivity contribution in [1.29, 1.82) is 0 Å². The number of phenolic OH excluding ortho intramolecular Hbond substituents is 1. The lowest BCUT2D eigenvalue weighted by Gasteiger charge is -2.42. The van der Waals surface area contributed by atoms with Crippen LogP contribution in [0.2, 0.25) is 0 Å². The first-order valence-electron chi connectivity index (χ1n) is 7.56. The molecule has 1 saturated heterocycles. The maximum atomic E-state index is 10.7. The molecule has 1 N–H and O–H groups in total. The van der Waals surface area contributed by atoms with Crippen LogP contribution in [0.25, 0.3) is 0 Å². The number of aryl methyl sites for hydroxylation is 1. The van der Waals surface area contributed by atoms with Gasteiger partial charge in [0.05, 0.1) is 12.7 Å². The molecule has 4 rings (SSSR count). The summed E-state index contributed by atoms with van der Waals surface area (Å²) in [5, 5.41) is 10.7. The Labute approximate surface area is 120 Å². The molecule has 3 nitrogen and oxygen atoms in total. The molecule has 2 bridgehead atoms. The number of hydrogen-bond acceptors (Lipinski definition) is 3. The number of methoxy groups -OCH3 is 1. The third kappa shape index (κ3) is 1.69. The molecule has 0 aromatic heterocycles. The van der Waals surface area contributed by atoms with Crippen LogP contribution >= 0.6 is 0 Å². The van der Waals surface area contributed by atoms with E-state index in [-0.39, 0.29) is 5.60 Å². The average molecular weight is 276 g/mol. The van der Waals surface area contributed by atoms with Crippen molar-refractivity contribution >= 4 is 0 Å². The molecule has 1 aromatic carbocycles. The summed E-state index contributed by atoms with van der Waals surface area (Å²) in [6, 6.07) is 2.17. The number of hydrogen-bond donors (Lipinski definition) is 1. The molecular formula is C17H24O3. The Kier molecular flexibility index (Phi) is 3.20. The van der Waals surface area contributed by atoms with Crippen molar-refractivity contribution in [3.05, 3.63) is 22.8 Å². The van der Waals surface area contributed by atoms with Crippen molar-refractivity contribution < 1.29 is 14.6 Å². The maximum Gasteiger partial charge on any atom is 0.163 e. The van der Waals surface area contributed by atoms with E-state index in [2.05, 4.69) is 19.9 Å². The summed E-state index contributed by atoms with van der Waals surface area (Å²) in [5.41, 5.74) is 3.01. The van der Waals surface area contributed by atoms with Crippen LogP contribution in [0, 0.1) is 12.8 Å². The normalized spacial score (nSPS) is 28.4. The second-order valence-electron chi connectivity index (χ2n) is 6.45. The summed E-state index contributed by atoms with van der Waals surface area (Å²) >= 11 is 0. The van der Waals surface area contributed by atoms with E-state index in [1.807, 2.05) is 6.92 Å². The zero-order valence-electron chi connectivity index (χ0n) is 12.8. The Morgan fingerprint density at radius 3 is 2.80 bits per heavy atom. The van der Waals surface area contributed by atoms with Gasteiger partial charge in [-0.25, -0.2) is 0 Å². The largest absolute Gasteiger partial charge is 0.504 e. The minimum atomic E-state index is -0.239. The molecule has 0 saturated carbocycles. The van der Waals surface area contributed by atoms with Crippen LogP contribution in [-0.2, 0) is 10.3 Å². The van der Waals surface area contributed by atoms with Crippen molar-refractivity contribution in [3.8, 4) is 11.5 Å². The SMILES string of the molecule is COc1c(C)cc2c(c1O)C1CCOC2(C(C)C)CC1. The smallest absolute Gasteiger partial charge is 0.163 e. The van der Waals surface area contributed by atoms with Gasteiger partial charge in [-0.2, -0.15) is 0 Å². The van der Waals surface area contributed by atoms with Crippen LogP contribution in [0.1, 0.15) is 55.7 Å². The van der Waals surface area contributed by atoms with Gasteiger partial charge in [-0.15, -0.1) is 0 Å². The number of fused-ring (bicyclic) bond motifs is 3. The fraction of sp³-hybridized carbons (Fsp3) is 0.647. The zero-order valence-corrected chi connectivity index (χ0v) is 12.8. The molecule has 1 aliphatic carbocycles. The van der Waals surface area contributed by atoms with Crippen LogP contribution < -0.4 is 4.74 Å². The number of benzene rings is 1. The molecule has 2 atom stereocenters. The van der Waals surface area contributed by atoms with Crippen molar-refractivity contribution in [2.45, 2.75) is 51.6 Å². The highest BCUT2D eigenvalue weighted by Crippen LogP contribution is 2.56. The fourth-order valence-corrected chi connectivity index (χ4v) is 4.07. The molecule has 0 spiro atoms. The highest BCUT2D eigenvalue weighted by Gasteiger charge is 2.47. The summed E-state index contributed by atoms with van der Waals surface area (Å²) in [4.78, 5) is 0. The molecule has 3 heteroatoms. The van der Waals surface area contributed by atoms with Gasteiger partial charge in [0.1, 0.15) is 0 Å². The summed E-state index contributed by atoms with van der Waals surface area (Å²) in [5.74, 6) is 1.75. The highest BCUT2D eigenvalue weighted by molar-refractivity contribution is 5.58. The molecule has 2 heterocycles. The van der Waals surface area contributed by atoms with Gasteiger partial charge in [0, 0.05) is 12.2 Å². The monoisotopic (exact) mass is 276 g/mol. The number of ether oxygens (including phenoxy) is 2. The Morgan fingerprint density at radius 1 is 1.40 bits per heavy atom. The average Bonchev–Trinajstić information content (AvgIpc) is 2.70. The third-order valence-corrected chi connectivity index (χ3v) is 5.17. The number of aromatic hydroxyl groups is 1. The standard InChI is InChI=1S/C17H24O3/c1-10(2)17-7-5-12(6-8-20-17)14-13(17)9-11(3)16(19-4)15(14)18/h9-10,12,18H,5-8H2,1-4H3. The molecule has 0 radical (unpaired) electrons. The van der Waals surface area contributed by atoms with Gasteiger partial charge in [-0.1, -0.05) is 13.8 Å². The van der Waals surface area contributed by atoms with Gasteiger partial charge in [0.2, 0.25) is 0 Å².